The molecule has 0 fully saturated rings. The maximum atomic E-state index is 5.76. The number of methoxy groups -OCH3 is 1. The predicted molar refractivity (Wildman–Crippen MR) is 88.0 cm³/mol. The van der Waals surface area contributed by atoms with Gasteiger partial charge in [0.2, 0.25) is 0 Å². The van der Waals surface area contributed by atoms with Crippen molar-refractivity contribution in [2.75, 3.05) is 31.8 Å². The second kappa shape index (κ2) is 9.94. The molecule has 0 aliphatic rings. The summed E-state index contributed by atoms with van der Waals surface area (Å²) >= 11 is 1.88. The van der Waals surface area contributed by atoms with Crippen LogP contribution in [0.5, 0.6) is 11.5 Å². The van der Waals surface area contributed by atoms with E-state index in [-0.39, 0.29) is 0 Å². The van der Waals surface area contributed by atoms with E-state index in [1.165, 1.54) is 5.56 Å². The molecule has 1 aromatic rings. The van der Waals surface area contributed by atoms with Gasteiger partial charge in [0.05, 0.1) is 13.7 Å². The Balaban J connectivity index is 2.51. The maximum absolute atomic E-state index is 5.76. The SMILES string of the molecule is CCSCCOc1ccc(CNCC(C)C)cc1OC. The summed E-state index contributed by atoms with van der Waals surface area (Å²) in [5, 5.41) is 3.43. The van der Waals surface area contributed by atoms with Crippen molar-refractivity contribution >= 4 is 11.8 Å². The normalized spacial score (nSPS) is 10.8. The molecule has 0 heterocycles. The highest BCUT2D eigenvalue weighted by Crippen LogP contribution is 2.28. The Morgan fingerprint density at radius 3 is 2.70 bits per heavy atom. The Bertz CT molecular complexity index is 383. The summed E-state index contributed by atoms with van der Waals surface area (Å²) in [6.45, 7) is 9.18. The number of hydrogen-bond acceptors (Lipinski definition) is 4. The molecule has 0 atom stereocenters. The minimum absolute atomic E-state index is 0.663. The van der Waals surface area contributed by atoms with E-state index in [1.54, 1.807) is 7.11 Å². The van der Waals surface area contributed by atoms with Crippen LogP contribution in [-0.4, -0.2) is 31.8 Å². The van der Waals surface area contributed by atoms with Gasteiger partial charge in [0.25, 0.3) is 0 Å². The van der Waals surface area contributed by atoms with Crippen LogP contribution in [0.4, 0.5) is 0 Å². The van der Waals surface area contributed by atoms with E-state index in [2.05, 4.69) is 38.2 Å². The fourth-order valence-electron chi connectivity index (χ4n) is 1.80. The number of nitrogens with one attached hydrogen (secondary N) is 1. The van der Waals surface area contributed by atoms with Crippen molar-refractivity contribution in [1.29, 1.82) is 0 Å². The lowest BCUT2D eigenvalue weighted by molar-refractivity contribution is 0.313. The van der Waals surface area contributed by atoms with Crippen LogP contribution in [0.15, 0.2) is 18.2 Å². The fourth-order valence-corrected chi connectivity index (χ4v) is 2.29. The Labute approximate surface area is 127 Å². The molecule has 0 amide bonds. The second-order valence-corrected chi connectivity index (χ2v) is 6.45. The van der Waals surface area contributed by atoms with E-state index in [9.17, 15) is 0 Å². The molecule has 0 radical (unpaired) electrons. The minimum Gasteiger partial charge on any atom is -0.493 e. The van der Waals surface area contributed by atoms with E-state index in [1.807, 2.05) is 17.8 Å². The van der Waals surface area contributed by atoms with Gasteiger partial charge in [-0.05, 0) is 35.9 Å². The highest BCUT2D eigenvalue weighted by molar-refractivity contribution is 7.99. The Morgan fingerprint density at radius 1 is 1.25 bits per heavy atom. The Hall–Kier alpha value is -0.870. The van der Waals surface area contributed by atoms with Gasteiger partial charge in [-0.1, -0.05) is 26.8 Å². The maximum Gasteiger partial charge on any atom is 0.161 e. The zero-order valence-corrected chi connectivity index (χ0v) is 13.9. The third-order valence-electron chi connectivity index (χ3n) is 2.80. The van der Waals surface area contributed by atoms with E-state index in [0.29, 0.717) is 5.92 Å². The third-order valence-corrected chi connectivity index (χ3v) is 3.66. The molecule has 0 saturated carbocycles. The molecule has 3 nitrogen and oxygen atoms in total. The number of hydrogen-bond donors (Lipinski definition) is 1. The molecular formula is C16H27NO2S. The van der Waals surface area contributed by atoms with E-state index in [0.717, 1.165) is 42.7 Å². The summed E-state index contributed by atoms with van der Waals surface area (Å²) < 4.78 is 11.2. The molecule has 20 heavy (non-hydrogen) atoms. The summed E-state index contributed by atoms with van der Waals surface area (Å²) in [5.41, 5.74) is 1.22. The van der Waals surface area contributed by atoms with Gasteiger partial charge in [-0.3, -0.25) is 0 Å². The average molecular weight is 297 g/mol. The molecule has 114 valence electrons. The number of ether oxygens (including phenoxy) is 2. The lowest BCUT2D eigenvalue weighted by atomic mass is 10.2. The largest absolute Gasteiger partial charge is 0.493 e. The second-order valence-electron chi connectivity index (χ2n) is 5.06. The standard InChI is InChI=1S/C16H27NO2S/c1-5-20-9-8-19-15-7-6-14(10-16(15)18-4)12-17-11-13(2)3/h6-7,10,13,17H,5,8-9,11-12H2,1-4H3. The van der Waals surface area contributed by atoms with Crippen LogP contribution in [0.3, 0.4) is 0 Å². The smallest absolute Gasteiger partial charge is 0.161 e. The first-order chi connectivity index (χ1) is 9.67. The lowest BCUT2D eigenvalue weighted by Crippen LogP contribution is -2.18. The van der Waals surface area contributed by atoms with Crippen LogP contribution in [0, 0.1) is 5.92 Å². The summed E-state index contributed by atoms with van der Waals surface area (Å²) in [4.78, 5) is 0. The average Bonchev–Trinajstić information content (AvgIpc) is 2.44. The monoisotopic (exact) mass is 297 g/mol. The van der Waals surface area contributed by atoms with Crippen LogP contribution in [0.25, 0.3) is 0 Å². The molecule has 0 aromatic heterocycles. The summed E-state index contributed by atoms with van der Waals surface area (Å²) in [5.74, 6) is 4.45. The molecule has 0 spiro atoms. The van der Waals surface area contributed by atoms with Gasteiger partial charge in [-0.2, -0.15) is 11.8 Å². The first-order valence-electron chi connectivity index (χ1n) is 7.25. The van der Waals surface area contributed by atoms with Crippen molar-refractivity contribution in [3.63, 3.8) is 0 Å². The van der Waals surface area contributed by atoms with Crippen molar-refractivity contribution in [3.05, 3.63) is 23.8 Å². The van der Waals surface area contributed by atoms with Crippen LogP contribution in [0.1, 0.15) is 26.3 Å². The highest BCUT2D eigenvalue weighted by atomic mass is 32.2. The van der Waals surface area contributed by atoms with E-state index < -0.39 is 0 Å². The molecule has 0 aliphatic heterocycles. The van der Waals surface area contributed by atoms with Crippen LogP contribution in [0.2, 0.25) is 0 Å². The summed E-state index contributed by atoms with van der Waals surface area (Å²) in [6.07, 6.45) is 0. The van der Waals surface area contributed by atoms with Gasteiger partial charge < -0.3 is 14.8 Å². The molecule has 0 bridgehead atoms. The first-order valence-corrected chi connectivity index (χ1v) is 8.41. The Kier molecular flexibility index (Phi) is 8.54. The predicted octanol–water partition coefficient (Wildman–Crippen LogP) is 3.57. The Morgan fingerprint density at radius 2 is 2.05 bits per heavy atom. The van der Waals surface area contributed by atoms with Crippen LogP contribution in [-0.2, 0) is 6.54 Å². The van der Waals surface area contributed by atoms with Gasteiger partial charge in [0.15, 0.2) is 11.5 Å². The molecule has 1 aromatic carbocycles. The van der Waals surface area contributed by atoms with E-state index in [4.69, 9.17) is 9.47 Å². The molecular weight excluding hydrogens is 270 g/mol. The van der Waals surface area contributed by atoms with Crippen LogP contribution >= 0.6 is 11.8 Å². The van der Waals surface area contributed by atoms with Crippen molar-refractivity contribution < 1.29 is 9.47 Å². The lowest BCUT2D eigenvalue weighted by Gasteiger charge is -2.13. The highest BCUT2D eigenvalue weighted by Gasteiger charge is 2.06. The summed E-state index contributed by atoms with van der Waals surface area (Å²) in [6, 6.07) is 6.15. The number of benzene rings is 1. The van der Waals surface area contributed by atoms with Crippen molar-refractivity contribution in [3.8, 4) is 11.5 Å². The van der Waals surface area contributed by atoms with Gasteiger partial charge in [-0.25, -0.2) is 0 Å². The molecule has 1 rings (SSSR count). The van der Waals surface area contributed by atoms with Gasteiger partial charge >= 0.3 is 0 Å². The fraction of sp³-hybridized carbons (Fsp3) is 0.625. The molecule has 0 saturated heterocycles. The number of thioether (sulfide) groups is 1. The topological polar surface area (TPSA) is 30.5 Å². The van der Waals surface area contributed by atoms with Crippen molar-refractivity contribution in [2.24, 2.45) is 5.92 Å². The molecule has 0 aliphatic carbocycles. The third kappa shape index (κ3) is 6.53. The molecule has 1 N–H and O–H groups in total. The quantitative estimate of drug-likeness (QED) is 0.669. The van der Waals surface area contributed by atoms with Crippen LogP contribution < -0.4 is 14.8 Å². The van der Waals surface area contributed by atoms with Gasteiger partial charge in [0.1, 0.15) is 0 Å². The molecule has 0 unspecified atom stereocenters. The zero-order valence-electron chi connectivity index (χ0n) is 13.1. The van der Waals surface area contributed by atoms with Gasteiger partial charge in [-0.15, -0.1) is 0 Å². The van der Waals surface area contributed by atoms with Crippen molar-refractivity contribution in [2.45, 2.75) is 27.3 Å². The molecule has 4 heteroatoms. The minimum atomic E-state index is 0.663. The zero-order chi connectivity index (χ0) is 14.8. The van der Waals surface area contributed by atoms with Crippen molar-refractivity contribution in [1.82, 2.24) is 5.32 Å². The van der Waals surface area contributed by atoms with E-state index >= 15 is 0 Å². The first kappa shape index (κ1) is 17.2. The number of rotatable bonds is 10. The van der Waals surface area contributed by atoms with Gasteiger partial charge in [0, 0.05) is 12.3 Å². The summed E-state index contributed by atoms with van der Waals surface area (Å²) in [7, 11) is 1.69.